The van der Waals surface area contributed by atoms with Gasteiger partial charge in [-0.2, -0.15) is 0 Å². The Bertz CT molecular complexity index is 647. The van der Waals surface area contributed by atoms with E-state index >= 15 is 0 Å². The minimum Gasteiger partial charge on any atom is -0.468 e. The molecule has 0 aliphatic rings. The van der Waals surface area contributed by atoms with Gasteiger partial charge in [0.05, 0.1) is 7.11 Å². The van der Waals surface area contributed by atoms with Crippen molar-refractivity contribution < 1.29 is 18.7 Å². The zero-order valence-corrected chi connectivity index (χ0v) is 12.0. The first kappa shape index (κ1) is 13.6. The number of rotatable bonds is 3. The fourth-order valence-electron chi connectivity index (χ4n) is 1.71. The molecule has 1 aromatic carbocycles. The average molecular weight is 326 g/mol. The third kappa shape index (κ3) is 2.78. The van der Waals surface area contributed by atoms with Crippen molar-refractivity contribution in [1.29, 1.82) is 0 Å². The maximum atomic E-state index is 11.9. The normalized spacial score (nSPS) is 10.5. The molecule has 1 N–H and O–H groups in total. The number of furan rings is 1. The Hall–Kier alpha value is -1.82. The van der Waals surface area contributed by atoms with Gasteiger partial charge >= 0.3 is 5.97 Å². The molecule has 0 bridgehead atoms. The molecular formula is C13H12BrNO4. The van der Waals surface area contributed by atoms with Gasteiger partial charge in [-0.3, -0.25) is 9.59 Å². The van der Waals surface area contributed by atoms with E-state index in [2.05, 4.69) is 26.0 Å². The van der Waals surface area contributed by atoms with Crippen molar-refractivity contribution in [1.82, 2.24) is 5.32 Å². The summed E-state index contributed by atoms with van der Waals surface area (Å²) in [5.74, 6) is -0.739. The molecule has 5 nitrogen and oxygen atoms in total. The van der Waals surface area contributed by atoms with Crippen LogP contribution in [0.5, 0.6) is 0 Å². The molecular weight excluding hydrogens is 314 g/mol. The first-order chi connectivity index (χ1) is 9.02. The van der Waals surface area contributed by atoms with Gasteiger partial charge in [0, 0.05) is 15.4 Å². The van der Waals surface area contributed by atoms with Gasteiger partial charge in [-0.05, 0) is 25.1 Å². The monoisotopic (exact) mass is 325 g/mol. The van der Waals surface area contributed by atoms with Gasteiger partial charge in [-0.1, -0.05) is 15.9 Å². The van der Waals surface area contributed by atoms with Gasteiger partial charge in [0.1, 0.15) is 12.1 Å². The number of methoxy groups -OCH3 is 1. The molecule has 1 aromatic heterocycles. The summed E-state index contributed by atoms with van der Waals surface area (Å²) < 4.78 is 10.9. The second kappa shape index (κ2) is 5.44. The molecule has 1 heterocycles. The number of halogens is 1. The smallest absolute Gasteiger partial charge is 0.325 e. The van der Waals surface area contributed by atoms with E-state index in [0.717, 1.165) is 15.4 Å². The van der Waals surface area contributed by atoms with Crippen LogP contribution in [0.15, 0.2) is 27.1 Å². The fraction of sp³-hybridized carbons (Fsp3) is 0.231. The number of fused-ring (bicyclic) bond motifs is 1. The quantitative estimate of drug-likeness (QED) is 0.880. The molecule has 0 unspecified atom stereocenters. The standard InChI is InChI=1S/C13H12BrNO4/c1-7-9-5-8(14)3-4-10(9)19-12(7)13(17)15-6-11(16)18-2/h3-5H,6H2,1-2H3,(H,15,17). The lowest BCUT2D eigenvalue weighted by Gasteiger charge is -2.01. The zero-order chi connectivity index (χ0) is 14.0. The third-order valence-corrected chi connectivity index (χ3v) is 3.22. The Morgan fingerprint density at radius 2 is 2.16 bits per heavy atom. The molecule has 0 atom stereocenters. The summed E-state index contributed by atoms with van der Waals surface area (Å²) in [6, 6.07) is 5.50. The highest BCUT2D eigenvalue weighted by atomic mass is 79.9. The van der Waals surface area contributed by atoms with Crippen LogP contribution in [-0.2, 0) is 9.53 Å². The molecule has 19 heavy (non-hydrogen) atoms. The topological polar surface area (TPSA) is 68.5 Å². The minimum absolute atomic E-state index is 0.185. The maximum Gasteiger partial charge on any atom is 0.325 e. The van der Waals surface area contributed by atoms with Crippen LogP contribution in [0, 0.1) is 6.92 Å². The Balaban J connectivity index is 2.27. The number of carbonyl (C=O) groups excluding carboxylic acids is 2. The largest absolute Gasteiger partial charge is 0.468 e. The lowest BCUT2D eigenvalue weighted by Crippen LogP contribution is -2.30. The van der Waals surface area contributed by atoms with Crippen LogP contribution in [0.1, 0.15) is 16.1 Å². The van der Waals surface area contributed by atoms with Gasteiger partial charge in [0.2, 0.25) is 0 Å². The van der Waals surface area contributed by atoms with E-state index in [1.165, 1.54) is 7.11 Å². The summed E-state index contributed by atoms with van der Waals surface area (Å²) in [6.45, 7) is 1.61. The average Bonchev–Trinajstić information content (AvgIpc) is 2.73. The van der Waals surface area contributed by atoms with Crippen molar-refractivity contribution in [3.8, 4) is 0 Å². The number of hydrogen-bond acceptors (Lipinski definition) is 4. The molecule has 0 saturated heterocycles. The second-order valence-electron chi connectivity index (χ2n) is 3.96. The van der Waals surface area contributed by atoms with Gasteiger partial charge in [0.25, 0.3) is 5.91 Å². The molecule has 1 amide bonds. The van der Waals surface area contributed by atoms with Gasteiger partial charge < -0.3 is 14.5 Å². The van der Waals surface area contributed by atoms with E-state index in [1.807, 2.05) is 12.1 Å². The van der Waals surface area contributed by atoms with Crippen LogP contribution in [0.4, 0.5) is 0 Å². The van der Waals surface area contributed by atoms with Crippen molar-refractivity contribution in [2.24, 2.45) is 0 Å². The Kier molecular flexibility index (Phi) is 3.90. The van der Waals surface area contributed by atoms with Crippen molar-refractivity contribution in [3.05, 3.63) is 34.0 Å². The Labute approximate surface area is 118 Å². The number of benzene rings is 1. The number of nitrogens with one attached hydrogen (secondary N) is 1. The second-order valence-corrected chi connectivity index (χ2v) is 4.87. The number of amides is 1. The van der Waals surface area contributed by atoms with Crippen LogP contribution in [-0.4, -0.2) is 25.5 Å². The van der Waals surface area contributed by atoms with E-state index in [9.17, 15) is 9.59 Å². The number of carbonyl (C=O) groups is 2. The SMILES string of the molecule is COC(=O)CNC(=O)c1oc2ccc(Br)cc2c1C. The highest BCUT2D eigenvalue weighted by Gasteiger charge is 2.18. The van der Waals surface area contributed by atoms with Crippen LogP contribution >= 0.6 is 15.9 Å². The summed E-state index contributed by atoms with van der Waals surface area (Å²) in [5.41, 5.74) is 1.36. The molecule has 0 radical (unpaired) electrons. The molecule has 0 fully saturated rings. The van der Waals surface area contributed by atoms with Crippen LogP contribution in [0.2, 0.25) is 0 Å². The number of ether oxygens (including phenoxy) is 1. The summed E-state index contributed by atoms with van der Waals surface area (Å²) >= 11 is 3.37. The number of aryl methyl sites for hydroxylation is 1. The van der Waals surface area contributed by atoms with Crippen LogP contribution < -0.4 is 5.32 Å². The fourth-order valence-corrected chi connectivity index (χ4v) is 2.08. The summed E-state index contributed by atoms with van der Waals surface area (Å²) in [4.78, 5) is 22.9. The summed E-state index contributed by atoms with van der Waals surface area (Å²) in [5, 5.41) is 3.31. The van der Waals surface area contributed by atoms with Crippen molar-refractivity contribution in [3.63, 3.8) is 0 Å². The molecule has 2 aromatic rings. The van der Waals surface area contributed by atoms with Crippen molar-refractivity contribution >= 4 is 38.8 Å². The van der Waals surface area contributed by atoms with Crippen molar-refractivity contribution in [2.45, 2.75) is 6.92 Å². The number of hydrogen-bond donors (Lipinski definition) is 1. The summed E-state index contributed by atoms with van der Waals surface area (Å²) in [6.07, 6.45) is 0. The van der Waals surface area contributed by atoms with Crippen molar-refractivity contribution in [2.75, 3.05) is 13.7 Å². The third-order valence-electron chi connectivity index (χ3n) is 2.73. The summed E-state index contributed by atoms with van der Waals surface area (Å²) in [7, 11) is 1.26. The van der Waals surface area contributed by atoms with Crippen LogP contribution in [0.25, 0.3) is 11.0 Å². The number of esters is 1. The molecule has 0 saturated carbocycles. The molecule has 0 aliphatic heterocycles. The highest BCUT2D eigenvalue weighted by Crippen LogP contribution is 2.27. The van der Waals surface area contributed by atoms with Gasteiger partial charge in [-0.25, -0.2) is 0 Å². The van der Waals surface area contributed by atoms with E-state index < -0.39 is 11.9 Å². The highest BCUT2D eigenvalue weighted by molar-refractivity contribution is 9.10. The molecule has 2 rings (SSSR count). The maximum absolute atomic E-state index is 11.9. The van der Waals surface area contributed by atoms with Gasteiger partial charge in [0.15, 0.2) is 5.76 Å². The van der Waals surface area contributed by atoms with E-state index in [0.29, 0.717) is 5.58 Å². The molecule has 0 aliphatic carbocycles. The Morgan fingerprint density at radius 3 is 2.84 bits per heavy atom. The van der Waals surface area contributed by atoms with Crippen LogP contribution in [0.3, 0.4) is 0 Å². The first-order valence-electron chi connectivity index (χ1n) is 5.56. The van der Waals surface area contributed by atoms with E-state index in [1.54, 1.807) is 13.0 Å². The lowest BCUT2D eigenvalue weighted by atomic mass is 10.1. The molecule has 0 spiro atoms. The Morgan fingerprint density at radius 1 is 1.42 bits per heavy atom. The molecule has 6 heteroatoms. The predicted octanol–water partition coefficient (Wildman–Crippen LogP) is 2.41. The zero-order valence-electron chi connectivity index (χ0n) is 10.5. The lowest BCUT2D eigenvalue weighted by molar-refractivity contribution is -0.139. The first-order valence-corrected chi connectivity index (χ1v) is 6.36. The minimum atomic E-state index is -0.509. The van der Waals surface area contributed by atoms with Gasteiger partial charge in [-0.15, -0.1) is 0 Å². The van der Waals surface area contributed by atoms with E-state index in [-0.39, 0.29) is 12.3 Å². The molecule has 100 valence electrons. The van der Waals surface area contributed by atoms with E-state index in [4.69, 9.17) is 4.42 Å². The predicted molar refractivity (Wildman–Crippen MR) is 73.0 cm³/mol.